The lowest BCUT2D eigenvalue weighted by molar-refractivity contribution is -0.149. The van der Waals surface area contributed by atoms with Crippen molar-refractivity contribution in [1.29, 1.82) is 0 Å². The van der Waals surface area contributed by atoms with Crippen LogP contribution in [0.1, 0.15) is 30.7 Å². The molecular formula is C26H22F3N5O2. The van der Waals surface area contributed by atoms with E-state index in [4.69, 9.17) is 4.74 Å². The average molecular weight is 493 g/mol. The van der Waals surface area contributed by atoms with Crippen molar-refractivity contribution in [3.05, 3.63) is 83.8 Å². The molecule has 3 heterocycles. The Bertz CT molecular complexity index is 1560. The molecule has 0 saturated carbocycles. The minimum absolute atomic E-state index is 0.223. The zero-order valence-corrected chi connectivity index (χ0v) is 19.5. The summed E-state index contributed by atoms with van der Waals surface area (Å²) in [6.07, 6.45) is -0.993. The van der Waals surface area contributed by atoms with Crippen molar-refractivity contribution < 1.29 is 22.7 Å². The summed E-state index contributed by atoms with van der Waals surface area (Å²) < 4.78 is 46.4. The fourth-order valence-corrected chi connectivity index (χ4v) is 4.35. The van der Waals surface area contributed by atoms with Crippen molar-refractivity contribution in [3.8, 4) is 11.4 Å². The van der Waals surface area contributed by atoms with Gasteiger partial charge in [-0.15, -0.1) is 0 Å². The van der Waals surface area contributed by atoms with Crippen LogP contribution in [0.5, 0.6) is 0 Å². The Morgan fingerprint density at radius 2 is 1.89 bits per heavy atom. The van der Waals surface area contributed by atoms with Gasteiger partial charge in [-0.2, -0.15) is 18.3 Å². The van der Waals surface area contributed by atoms with Gasteiger partial charge in [-0.25, -0.2) is 14.5 Å². The molecule has 0 aliphatic carbocycles. The highest BCUT2D eigenvalue weighted by molar-refractivity contribution is 5.85. The van der Waals surface area contributed by atoms with E-state index >= 15 is 0 Å². The minimum atomic E-state index is -4.46. The zero-order chi connectivity index (χ0) is 25.5. The van der Waals surface area contributed by atoms with Crippen LogP contribution in [0.2, 0.25) is 0 Å². The predicted molar refractivity (Wildman–Crippen MR) is 127 cm³/mol. The monoisotopic (exact) mass is 493 g/mol. The molecule has 0 spiro atoms. The number of carbonyl (C=O) groups is 1. The van der Waals surface area contributed by atoms with Gasteiger partial charge in [-0.1, -0.05) is 30.3 Å². The van der Waals surface area contributed by atoms with Gasteiger partial charge in [0, 0.05) is 6.20 Å². The highest BCUT2D eigenvalue weighted by Crippen LogP contribution is 2.34. The molecule has 0 amide bonds. The molecule has 36 heavy (non-hydrogen) atoms. The van der Waals surface area contributed by atoms with Crippen LogP contribution >= 0.6 is 0 Å². The van der Waals surface area contributed by atoms with Gasteiger partial charge in [0.15, 0.2) is 5.65 Å². The number of ether oxygens (including phenoxy) is 1. The van der Waals surface area contributed by atoms with E-state index in [1.54, 1.807) is 30.6 Å². The first-order valence-electron chi connectivity index (χ1n) is 11.3. The van der Waals surface area contributed by atoms with Crippen LogP contribution in [-0.2, 0) is 27.5 Å². The van der Waals surface area contributed by atoms with Gasteiger partial charge in [0.25, 0.3) is 0 Å². The molecule has 1 unspecified atom stereocenters. The molecule has 3 aromatic heterocycles. The maximum Gasteiger partial charge on any atom is 0.416 e. The maximum atomic E-state index is 13.2. The standard InChI is InChI=1S/C26H22F3N5O2/c1-3-36-24(35)25(2,14-16-7-5-4-6-8-16)21-11-12-30-23-18(15-31-34(21)23)22-32-19-10-9-17(26(27,28)29)13-20(19)33-22/h4-13,15H,3,14H2,1-2H3,(H,32,33). The van der Waals surface area contributed by atoms with E-state index in [0.29, 0.717) is 34.7 Å². The van der Waals surface area contributed by atoms with Crippen LogP contribution in [0.15, 0.2) is 67.0 Å². The van der Waals surface area contributed by atoms with E-state index in [1.807, 2.05) is 30.3 Å². The van der Waals surface area contributed by atoms with E-state index < -0.39 is 23.1 Å². The largest absolute Gasteiger partial charge is 0.465 e. The van der Waals surface area contributed by atoms with Crippen LogP contribution in [0, 0.1) is 0 Å². The predicted octanol–water partition coefficient (Wildman–Crippen LogP) is 5.35. The number of hydrogen-bond acceptors (Lipinski definition) is 5. The molecule has 0 aliphatic heterocycles. The average Bonchev–Trinajstić information content (AvgIpc) is 3.47. The van der Waals surface area contributed by atoms with Crippen LogP contribution < -0.4 is 0 Å². The topological polar surface area (TPSA) is 85.2 Å². The van der Waals surface area contributed by atoms with Gasteiger partial charge in [0.2, 0.25) is 0 Å². The van der Waals surface area contributed by atoms with E-state index in [0.717, 1.165) is 17.7 Å². The molecule has 184 valence electrons. The second-order valence-electron chi connectivity index (χ2n) is 8.65. The molecular weight excluding hydrogens is 471 g/mol. The van der Waals surface area contributed by atoms with E-state index in [2.05, 4.69) is 20.1 Å². The Morgan fingerprint density at radius 1 is 1.11 bits per heavy atom. The smallest absolute Gasteiger partial charge is 0.416 e. The Labute approximate surface area is 204 Å². The van der Waals surface area contributed by atoms with E-state index in [9.17, 15) is 18.0 Å². The number of alkyl halides is 3. The first-order valence-corrected chi connectivity index (χ1v) is 11.3. The van der Waals surface area contributed by atoms with Gasteiger partial charge in [0.05, 0.1) is 40.7 Å². The highest BCUT2D eigenvalue weighted by Gasteiger charge is 2.40. The summed E-state index contributed by atoms with van der Waals surface area (Å²) in [7, 11) is 0. The summed E-state index contributed by atoms with van der Waals surface area (Å²) in [5.41, 5.74) is 1.19. The Morgan fingerprint density at radius 3 is 2.61 bits per heavy atom. The molecule has 0 bridgehead atoms. The van der Waals surface area contributed by atoms with Crippen molar-refractivity contribution in [2.75, 3.05) is 6.61 Å². The van der Waals surface area contributed by atoms with Crippen LogP contribution in [-0.4, -0.2) is 37.1 Å². The van der Waals surface area contributed by atoms with Gasteiger partial charge >= 0.3 is 12.1 Å². The number of nitrogens with zero attached hydrogens (tertiary/aromatic N) is 4. The van der Waals surface area contributed by atoms with E-state index in [1.165, 1.54) is 12.3 Å². The first kappa shape index (κ1) is 23.5. The summed E-state index contributed by atoms with van der Waals surface area (Å²) in [6.45, 7) is 3.77. The van der Waals surface area contributed by atoms with Gasteiger partial charge < -0.3 is 9.72 Å². The molecule has 0 aliphatic rings. The zero-order valence-electron chi connectivity index (χ0n) is 19.5. The third-order valence-corrected chi connectivity index (χ3v) is 6.16. The number of carbonyl (C=O) groups excluding carboxylic acids is 1. The third-order valence-electron chi connectivity index (χ3n) is 6.16. The number of esters is 1. The molecule has 7 nitrogen and oxygen atoms in total. The number of halogens is 3. The quantitative estimate of drug-likeness (QED) is 0.322. The van der Waals surface area contributed by atoms with Crippen molar-refractivity contribution >= 4 is 22.6 Å². The fraction of sp³-hybridized carbons (Fsp3) is 0.231. The molecule has 1 atom stereocenters. The molecule has 10 heteroatoms. The maximum absolute atomic E-state index is 13.2. The number of benzene rings is 2. The number of aromatic nitrogens is 5. The summed E-state index contributed by atoms with van der Waals surface area (Å²) in [6, 6.07) is 14.6. The number of aromatic amines is 1. The summed E-state index contributed by atoms with van der Waals surface area (Å²) >= 11 is 0. The van der Waals surface area contributed by atoms with Gasteiger partial charge in [0.1, 0.15) is 11.2 Å². The number of H-pyrrole nitrogens is 1. The highest BCUT2D eigenvalue weighted by atomic mass is 19.4. The van der Waals surface area contributed by atoms with Gasteiger partial charge in [-0.05, 0) is 50.1 Å². The minimum Gasteiger partial charge on any atom is -0.465 e. The summed E-state index contributed by atoms with van der Waals surface area (Å²) in [5.74, 6) is -0.0771. The molecule has 2 aromatic carbocycles. The Hall–Kier alpha value is -4.21. The SMILES string of the molecule is CCOC(=O)C(C)(Cc1ccccc1)c1ccnc2c(-c3nc4ccc(C(F)(F)F)cc4[nH]3)cnn12. The molecule has 0 saturated heterocycles. The lowest BCUT2D eigenvalue weighted by atomic mass is 9.80. The normalized spacial score (nSPS) is 13.7. The summed E-state index contributed by atoms with van der Waals surface area (Å²) in [5, 5.41) is 4.48. The lowest BCUT2D eigenvalue weighted by Gasteiger charge is -2.28. The lowest BCUT2D eigenvalue weighted by Crippen LogP contribution is -2.38. The summed E-state index contributed by atoms with van der Waals surface area (Å²) in [4.78, 5) is 25.1. The van der Waals surface area contributed by atoms with Crippen molar-refractivity contribution in [1.82, 2.24) is 24.6 Å². The van der Waals surface area contributed by atoms with Crippen molar-refractivity contribution in [3.63, 3.8) is 0 Å². The fourth-order valence-electron chi connectivity index (χ4n) is 4.35. The van der Waals surface area contributed by atoms with Crippen LogP contribution in [0.25, 0.3) is 28.1 Å². The second-order valence-corrected chi connectivity index (χ2v) is 8.65. The number of rotatable bonds is 6. The van der Waals surface area contributed by atoms with Crippen molar-refractivity contribution in [2.24, 2.45) is 0 Å². The number of fused-ring (bicyclic) bond motifs is 2. The second kappa shape index (κ2) is 8.78. The number of imidazole rings is 1. The van der Waals surface area contributed by atoms with Gasteiger partial charge in [-0.3, -0.25) is 4.79 Å². The first-order chi connectivity index (χ1) is 17.2. The van der Waals surface area contributed by atoms with E-state index in [-0.39, 0.29) is 12.1 Å². The Kier molecular flexibility index (Phi) is 5.74. The molecule has 0 fully saturated rings. The van der Waals surface area contributed by atoms with Crippen LogP contribution in [0.4, 0.5) is 13.2 Å². The third kappa shape index (κ3) is 4.08. The van der Waals surface area contributed by atoms with Crippen molar-refractivity contribution in [2.45, 2.75) is 31.9 Å². The molecule has 1 N–H and O–H groups in total. The molecule has 0 radical (unpaired) electrons. The number of hydrogen-bond donors (Lipinski definition) is 1. The Balaban J connectivity index is 1.62. The van der Waals surface area contributed by atoms with Crippen LogP contribution in [0.3, 0.4) is 0 Å². The molecule has 5 rings (SSSR count). The molecule has 5 aromatic rings. The number of nitrogens with one attached hydrogen (secondary N) is 1.